The SMILES string of the molecule is OC(CC1CC1)c1cccc(C2CC2)c1. The fourth-order valence-corrected chi connectivity index (χ4v) is 2.24. The Morgan fingerprint density at radius 2 is 2.00 bits per heavy atom. The number of benzene rings is 1. The summed E-state index contributed by atoms with van der Waals surface area (Å²) in [6.07, 6.45) is 6.05. The van der Waals surface area contributed by atoms with E-state index in [1.165, 1.54) is 31.2 Å². The van der Waals surface area contributed by atoms with Gasteiger partial charge in [0.25, 0.3) is 0 Å². The highest BCUT2D eigenvalue weighted by atomic mass is 16.3. The molecule has 80 valence electrons. The van der Waals surface area contributed by atoms with Crippen LogP contribution >= 0.6 is 0 Å². The maximum absolute atomic E-state index is 10.1. The standard InChI is InChI=1S/C14H18O/c15-14(8-10-4-5-10)13-3-1-2-12(9-13)11-6-7-11/h1-3,9-11,14-15H,4-8H2. The molecule has 1 unspecified atom stereocenters. The molecule has 1 N–H and O–H groups in total. The van der Waals surface area contributed by atoms with Gasteiger partial charge in [0.15, 0.2) is 0 Å². The Bertz CT molecular complexity index is 350. The zero-order valence-corrected chi connectivity index (χ0v) is 9.02. The van der Waals surface area contributed by atoms with Crippen LogP contribution in [0.2, 0.25) is 0 Å². The first kappa shape index (κ1) is 9.41. The van der Waals surface area contributed by atoms with E-state index in [1.807, 2.05) is 0 Å². The van der Waals surface area contributed by atoms with Crippen LogP contribution in [0.15, 0.2) is 24.3 Å². The predicted octanol–water partition coefficient (Wildman–Crippen LogP) is 3.40. The smallest absolute Gasteiger partial charge is 0.0792 e. The number of hydrogen-bond acceptors (Lipinski definition) is 1. The van der Waals surface area contributed by atoms with Gasteiger partial charge < -0.3 is 5.11 Å². The second-order valence-electron chi connectivity index (χ2n) is 5.14. The van der Waals surface area contributed by atoms with Crippen molar-refractivity contribution in [1.82, 2.24) is 0 Å². The van der Waals surface area contributed by atoms with E-state index in [1.54, 1.807) is 0 Å². The molecule has 2 aliphatic rings. The van der Waals surface area contributed by atoms with Crippen molar-refractivity contribution in [1.29, 1.82) is 0 Å². The summed E-state index contributed by atoms with van der Waals surface area (Å²) < 4.78 is 0. The first-order valence-electron chi connectivity index (χ1n) is 6.11. The highest BCUT2D eigenvalue weighted by Crippen LogP contribution is 2.42. The fraction of sp³-hybridized carbons (Fsp3) is 0.571. The highest BCUT2D eigenvalue weighted by Gasteiger charge is 2.27. The molecule has 1 nitrogen and oxygen atoms in total. The Balaban J connectivity index is 1.74. The van der Waals surface area contributed by atoms with E-state index in [9.17, 15) is 5.11 Å². The molecule has 2 fully saturated rings. The lowest BCUT2D eigenvalue weighted by atomic mass is 10.0. The van der Waals surface area contributed by atoms with Gasteiger partial charge >= 0.3 is 0 Å². The maximum atomic E-state index is 10.1. The summed E-state index contributed by atoms with van der Waals surface area (Å²) in [7, 11) is 0. The van der Waals surface area contributed by atoms with Gasteiger partial charge in [0.2, 0.25) is 0 Å². The van der Waals surface area contributed by atoms with Crippen LogP contribution in [0.1, 0.15) is 55.3 Å². The average Bonchev–Trinajstić information content (AvgIpc) is 3.12. The fourth-order valence-electron chi connectivity index (χ4n) is 2.24. The van der Waals surface area contributed by atoms with Crippen molar-refractivity contribution in [2.75, 3.05) is 0 Å². The van der Waals surface area contributed by atoms with E-state index in [-0.39, 0.29) is 6.10 Å². The second kappa shape index (κ2) is 3.64. The van der Waals surface area contributed by atoms with Crippen LogP contribution in [0.4, 0.5) is 0 Å². The summed E-state index contributed by atoms with van der Waals surface area (Å²) in [4.78, 5) is 0. The molecule has 1 heteroatoms. The van der Waals surface area contributed by atoms with Crippen molar-refractivity contribution >= 4 is 0 Å². The Kier molecular flexibility index (Phi) is 2.28. The van der Waals surface area contributed by atoms with E-state index in [0.29, 0.717) is 0 Å². The second-order valence-corrected chi connectivity index (χ2v) is 5.14. The van der Waals surface area contributed by atoms with Gasteiger partial charge in [0, 0.05) is 0 Å². The zero-order chi connectivity index (χ0) is 10.3. The van der Waals surface area contributed by atoms with Crippen LogP contribution in [0.3, 0.4) is 0 Å². The third-order valence-corrected chi connectivity index (χ3v) is 3.60. The van der Waals surface area contributed by atoms with E-state index in [0.717, 1.165) is 23.8 Å². The first-order valence-corrected chi connectivity index (χ1v) is 6.11. The summed E-state index contributed by atoms with van der Waals surface area (Å²) in [6, 6.07) is 8.58. The molecule has 0 spiro atoms. The van der Waals surface area contributed by atoms with Crippen LogP contribution in [0.25, 0.3) is 0 Å². The van der Waals surface area contributed by atoms with Crippen LogP contribution in [-0.4, -0.2) is 5.11 Å². The van der Waals surface area contributed by atoms with Crippen molar-refractivity contribution in [3.05, 3.63) is 35.4 Å². The lowest BCUT2D eigenvalue weighted by Crippen LogP contribution is -1.99. The molecule has 0 heterocycles. The summed E-state index contributed by atoms with van der Waals surface area (Å²) in [5.74, 6) is 1.59. The van der Waals surface area contributed by atoms with Gasteiger partial charge in [-0.3, -0.25) is 0 Å². The largest absolute Gasteiger partial charge is 0.388 e. The van der Waals surface area contributed by atoms with Crippen molar-refractivity contribution in [2.24, 2.45) is 5.92 Å². The Morgan fingerprint density at radius 3 is 2.67 bits per heavy atom. The number of hydrogen-bond donors (Lipinski definition) is 1. The molecular formula is C14H18O. The van der Waals surface area contributed by atoms with Crippen molar-refractivity contribution in [3.8, 4) is 0 Å². The summed E-state index contributed by atoms with van der Waals surface area (Å²) in [5.41, 5.74) is 2.56. The maximum Gasteiger partial charge on any atom is 0.0792 e. The normalized spacial score (nSPS) is 22.7. The highest BCUT2D eigenvalue weighted by molar-refractivity contribution is 5.30. The van der Waals surface area contributed by atoms with Crippen LogP contribution in [-0.2, 0) is 0 Å². The van der Waals surface area contributed by atoms with E-state index in [4.69, 9.17) is 0 Å². The van der Waals surface area contributed by atoms with Gasteiger partial charge in [0.1, 0.15) is 0 Å². The molecule has 1 aromatic rings. The monoisotopic (exact) mass is 202 g/mol. The van der Waals surface area contributed by atoms with Crippen LogP contribution < -0.4 is 0 Å². The van der Waals surface area contributed by atoms with Gasteiger partial charge in [0.05, 0.1) is 6.10 Å². The molecule has 3 rings (SSSR count). The molecular weight excluding hydrogens is 184 g/mol. The first-order chi connectivity index (χ1) is 7.33. The molecule has 0 saturated heterocycles. The molecule has 15 heavy (non-hydrogen) atoms. The molecule has 2 aliphatic carbocycles. The van der Waals surface area contributed by atoms with Gasteiger partial charge in [-0.15, -0.1) is 0 Å². The minimum absolute atomic E-state index is 0.226. The minimum Gasteiger partial charge on any atom is -0.388 e. The summed E-state index contributed by atoms with van der Waals surface area (Å²) in [6.45, 7) is 0. The van der Waals surface area contributed by atoms with E-state index in [2.05, 4.69) is 24.3 Å². The molecule has 0 aliphatic heterocycles. The molecule has 0 amide bonds. The number of aliphatic hydroxyl groups is 1. The minimum atomic E-state index is -0.226. The topological polar surface area (TPSA) is 20.2 Å². The Hall–Kier alpha value is -0.820. The molecule has 0 radical (unpaired) electrons. The average molecular weight is 202 g/mol. The quantitative estimate of drug-likeness (QED) is 0.793. The Labute approximate surface area is 91.1 Å². The summed E-state index contributed by atoms with van der Waals surface area (Å²) >= 11 is 0. The molecule has 0 aromatic heterocycles. The van der Waals surface area contributed by atoms with Crippen LogP contribution in [0, 0.1) is 5.92 Å². The Morgan fingerprint density at radius 1 is 1.20 bits per heavy atom. The van der Waals surface area contributed by atoms with Gasteiger partial charge in [-0.1, -0.05) is 37.1 Å². The van der Waals surface area contributed by atoms with Crippen molar-refractivity contribution in [2.45, 2.75) is 44.1 Å². The molecule has 0 bridgehead atoms. The molecule has 2 saturated carbocycles. The van der Waals surface area contributed by atoms with Gasteiger partial charge in [-0.25, -0.2) is 0 Å². The molecule has 1 aromatic carbocycles. The number of rotatable bonds is 4. The third-order valence-electron chi connectivity index (χ3n) is 3.60. The van der Waals surface area contributed by atoms with Crippen LogP contribution in [0.5, 0.6) is 0 Å². The third kappa shape index (κ3) is 2.23. The van der Waals surface area contributed by atoms with Gasteiger partial charge in [-0.2, -0.15) is 0 Å². The summed E-state index contributed by atoms with van der Waals surface area (Å²) in [5, 5.41) is 10.1. The lowest BCUT2D eigenvalue weighted by molar-refractivity contribution is 0.160. The molecule has 1 atom stereocenters. The van der Waals surface area contributed by atoms with Gasteiger partial charge in [-0.05, 0) is 42.2 Å². The van der Waals surface area contributed by atoms with Crippen molar-refractivity contribution in [3.63, 3.8) is 0 Å². The number of aliphatic hydroxyl groups excluding tert-OH is 1. The van der Waals surface area contributed by atoms with E-state index >= 15 is 0 Å². The zero-order valence-electron chi connectivity index (χ0n) is 9.02. The predicted molar refractivity (Wildman–Crippen MR) is 60.7 cm³/mol. The van der Waals surface area contributed by atoms with Crippen molar-refractivity contribution < 1.29 is 5.11 Å². The van der Waals surface area contributed by atoms with E-state index < -0.39 is 0 Å². The lowest BCUT2D eigenvalue weighted by Gasteiger charge is -2.11.